The molecule has 0 aliphatic heterocycles. The topological polar surface area (TPSA) is 37.3 Å². The molecule has 0 spiro atoms. The summed E-state index contributed by atoms with van der Waals surface area (Å²) in [6.07, 6.45) is 2.52. The van der Waals surface area contributed by atoms with E-state index >= 15 is 0 Å². The molecule has 0 bridgehead atoms. The highest BCUT2D eigenvalue weighted by Crippen LogP contribution is 2.67. The lowest BCUT2D eigenvalue weighted by Gasteiger charge is -1.97. The molecule has 0 aromatic heterocycles. The molecule has 2 rings (SSSR count). The third-order valence-corrected chi connectivity index (χ3v) is 3.31. The molecular formula is C9H14O2. The Morgan fingerprint density at radius 1 is 1.45 bits per heavy atom. The van der Waals surface area contributed by atoms with E-state index in [1.165, 1.54) is 12.8 Å². The average molecular weight is 154 g/mol. The number of carboxylic acids is 1. The predicted molar refractivity (Wildman–Crippen MR) is 41.1 cm³/mol. The molecule has 2 heteroatoms. The van der Waals surface area contributed by atoms with Gasteiger partial charge >= 0.3 is 5.97 Å². The highest BCUT2D eigenvalue weighted by Gasteiger charge is 2.66. The van der Waals surface area contributed by atoms with Crippen molar-refractivity contribution in [3.63, 3.8) is 0 Å². The van der Waals surface area contributed by atoms with Gasteiger partial charge in [-0.15, -0.1) is 0 Å². The molecule has 0 saturated heterocycles. The lowest BCUT2D eigenvalue weighted by atomic mass is 10.1. The lowest BCUT2D eigenvalue weighted by molar-refractivity contribution is -0.139. The Balaban J connectivity index is 2.08. The molecule has 2 atom stereocenters. The van der Waals surface area contributed by atoms with E-state index < -0.39 is 5.97 Å². The van der Waals surface area contributed by atoms with Crippen molar-refractivity contribution < 1.29 is 9.90 Å². The quantitative estimate of drug-likeness (QED) is 0.658. The largest absolute Gasteiger partial charge is 0.481 e. The Bertz CT molecular complexity index is 204. The van der Waals surface area contributed by atoms with Crippen LogP contribution in [0.15, 0.2) is 0 Å². The van der Waals surface area contributed by atoms with Crippen molar-refractivity contribution in [2.24, 2.45) is 23.2 Å². The van der Waals surface area contributed by atoms with E-state index in [4.69, 9.17) is 5.11 Å². The molecule has 2 nitrogen and oxygen atoms in total. The Kier molecular flexibility index (Phi) is 1.16. The second-order valence-corrected chi connectivity index (χ2v) is 4.50. The van der Waals surface area contributed by atoms with Gasteiger partial charge in [-0.05, 0) is 30.1 Å². The van der Waals surface area contributed by atoms with Gasteiger partial charge < -0.3 is 5.11 Å². The fraction of sp³-hybridized carbons (Fsp3) is 0.889. The van der Waals surface area contributed by atoms with Crippen LogP contribution in [-0.2, 0) is 4.79 Å². The van der Waals surface area contributed by atoms with E-state index in [1.54, 1.807) is 0 Å². The second kappa shape index (κ2) is 1.79. The van der Waals surface area contributed by atoms with Gasteiger partial charge in [-0.1, -0.05) is 13.8 Å². The Hall–Kier alpha value is -0.530. The maximum absolute atomic E-state index is 10.7. The summed E-state index contributed by atoms with van der Waals surface area (Å²) in [6.45, 7) is 4.16. The minimum atomic E-state index is -0.591. The summed E-state index contributed by atoms with van der Waals surface area (Å²) in [7, 11) is 0. The summed E-state index contributed by atoms with van der Waals surface area (Å²) in [5.41, 5.74) is 0.0903. The summed E-state index contributed by atoms with van der Waals surface area (Å²) in [6, 6.07) is 0. The van der Waals surface area contributed by atoms with Crippen molar-refractivity contribution in [3.05, 3.63) is 0 Å². The molecular weight excluding hydrogens is 140 g/mol. The molecule has 0 aromatic rings. The van der Waals surface area contributed by atoms with E-state index in [1.807, 2.05) is 0 Å². The van der Waals surface area contributed by atoms with Crippen LogP contribution in [0.3, 0.4) is 0 Å². The van der Waals surface area contributed by atoms with Gasteiger partial charge in [0.1, 0.15) is 0 Å². The fourth-order valence-corrected chi connectivity index (χ4v) is 2.48. The maximum Gasteiger partial charge on any atom is 0.307 e. The number of aliphatic carboxylic acids is 1. The van der Waals surface area contributed by atoms with Gasteiger partial charge in [0.2, 0.25) is 0 Å². The van der Waals surface area contributed by atoms with Crippen molar-refractivity contribution in [1.82, 2.24) is 0 Å². The Morgan fingerprint density at radius 2 is 2.00 bits per heavy atom. The summed E-state index contributed by atoms with van der Waals surface area (Å²) >= 11 is 0. The summed E-state index contributed by atoms with van der Waals surface area (Å²) in [4.78, 5) is 10.7. The average Bonchev–Trinajstić information content (AvgIpc) is 2.63. The van der Waals surface area contributed by atoms with Gasteiger partial charge in [-0.3, -0.25) is 4.79 Å². The second-order valence-electron chi connectivity index (χ2n) is 4.50. The first-order valence-corrected chi connectivity index (χ1v) is 4.28. The van der Waals surface area contributed by atoms with Gasteiger partial charge in [-0.2, -0.15) is 0 Å². The van der Waals surface area contributed by atoms with Crippen LogP contribution in [0.1, 0.15) is 26.7 Å². The van der Waals surface area contributed by atoms with Crippen LogP contribution >= 0.6 is 0 Å². The van der Waals surface area contributed by atoms with E-state index in [-0.39, 0.29) is 11.3 Å². The molecule has 1 N–H and O–H groups in total. The van der Waals surface area contributed by atoms with E-state index in [0.29, 0.717) is 5.92 Å². The van der Waals surface area contributed by atoms with Gasteiger partial charge in [0.25, 0.3) is 0 Å². The first-order chi connectivity index (χ1) is 5.05. The summed E-state index contributed by atoms with van der Waals surface area (Å²) in [5.74, 6) is 0.591. The van der Waals surface area contributed by atoms with Crippen molar-refractivity contribution in [1.29, 1.82) is 0 Å². The third kappa shape index (κ3) is 0.883. The zero-order valence-corrected chi connectivity index (χ0v) is 7.00. The zero-order valence-electron chi connectivity index (χ0n) is 7.00. The number of hydrogen-bond donors (Lipinski definition) is 1. The molecule has 0 unspecified atom stereocenters. The van der Waals surface area contributed by atoms with Crippen molar-refractivity contribution >= 4 is 5.97 Å². The normalized spacial score (nSPS) is 40.2. The molecule has 2 saturated carbocycles. The molecule has 0 heterocycles. The minimum Gasteiger partial charge on any atom is -0.481 e. The summed E-state index contributed by atoms with van der Waals surface area (Å²) in [5, 5.41) is 8.84. The smallest absolute Gasteiger partial charge is 0.307 e. The standard InChI is InChI=1S/C9H14O2/c1-9(2)6(5-3-4-5)7(9)8(10)11/h5-7H,3-4H2,1-2H3,(H,10,11)/t6-,7+/m0/s1. The van der Waals surface area contributed by atoms with E-state index in [9.17, 15) is 4.79 Å². The van der Waals surface area contributed by atoms with Crippen molar-refractivity contribution in [2.75, 3.05) is 0 Å². The number of carboxylic acid groups (broad SMARTS) is 1. The zero-order chi connectivity index (χ0) is 8.22. The highest BCUT2D eigenvalue weighted by atomic mass is 16.4. The van der Waals surface area contributed by atoms with Crippen molar-refractivity contribution in [3.8, 4) is 0 Å². The molecule has 2 aliphatic rings. The van der Waals surface area contributed by atoms with Gasteiger partial charge in [0, 0.05) is 0 Å². The van der Waals surface area contributed by atoms with Gasteiger partial charge in [0.05, 0.1) is 5.92 Å². The van der Waals surface area contributed by atoms with E-state index in [2.05, 4.69) is 13.8 Å². The first-order valence-electron chi connectivity index (χ1n) is 4.28. The van der Waals surface area contributed by atoms with Crippen molar-refractivity contribution in [2.45, 2.75) is 26.7 Å². The first kappa shape index (κ1) is 7.14. The summed E-state index contributed by atoms with van der Waals surface area (Å²) < 4.78 is 0. The van der Waals surface area contributed by atoms with Crippen LogP contribution in [-0.4, -0.2) is 11.1 Å². The maximum atomic E-state index is 10.7. The number of hydrogen-bond acceptors (Lipinski definition) is 1. The highest BCUT2D eigenvalue weighted by molar-refractivity contribution is 5.75. The number of carbonyl (C=O) groups is 1. The van der Waals surface area contributed by atoms with E-state index in [0.717, 1.165) is 5.92 Å². The van der Waals surface area contributed by atoms with Crippen LogP contribution in [0, 0.1) is 23.2 Å². The van der Waals surface area contributed by atoms with Crippen LogP contribution in [0.2, 0.25) is 0 Å². The van der Waals surface area contributed by atoms with Gasteiger partial charge in [-0.25, -0.2) is 0 Å². The van der Waals surface area contributed by atoms with Crippen LogP contribution in [0.25, 0.3) is 0 Å². The molecule has 2 aliphatic carbocycles. The van der Waals surface area contributed by atoms with Crippen LogP contribution < -0.4 is 0 Å². The SMILES string of the molecule is CC1(C)[C@@H](C(=O)O)[C@@H]1C1CC1. The van der Waals surface area contributed by atoms with Crippen LogP contribution in [0.5, 0.6) is 0 Å². The Morgan fingerprint density at radius 3 is 2.27 bits per heavy atom. The van der Waals surface area contributed by atoms with Crippen LogP contribution in [0.4, 0.5) is 0 Å². The molecule has 0 radical (unpaired) electrons. The Labute approximate surface area is 66.6 Å². The molecule has 0 aromatic carbocycles. The predicted octanol–water partition coefficient (Wildman–Crippen LogP) is 1.75. The minimum absolute atomic E-state index is 0.0463. The molecule has 2 fully saturated rings. The molecule has 11 heavy (non-hydrogen) atoms. The molecule has 0 amide bonds. The third-order valence-electron chi connectivity index (χ3n) is 3.31. The number of rotatable bonds is 2. The monoisotopic (exact) mass is 154 g/mol. The van der Waals surface area contributed by atoms with Gasteiger partial charge in [0.15, 0.2) is 0 Å². The fourth-order valence-electron chi connectivity index (χ4n) is 2.48. The lowest BCUT2D eigenvalue weighted by Crippen LogP contribution is -2.03. The molecule has 62 valence electrons.